The topological polar surface area (TPSA) is 26.0 Å². The van der Waals surface area contributed by atoms with E-state index in [9.17, 15) is 0 Å². The zero-order valence-corrected chi connectivity index (χ0v) is 9.46. The Morgan fingerprint density at radius 1 is 1.07 bits per heavy atom. The highest BCUT2D eigenvalue weighted by Crippen LogP contribution is 2.33. The van der Waals surface area contributed by atoms with Crippen LogP contribution < -0.4 is 5.73 Å². The van der Waals surface area contributed by atoms with E-state index in [0.717, 1.165) is 14.8 Å². The molecule has 0 radical (unpaired) electrons. The summed E-state index contributed by atoms with van der Waals surface area (Å²) >= 11 is 13.2. The van der Waals surface area contributed by atoms with Crippen LogP contribution in [0.25, 0.3) is 10.4 Å². The van der Waals surface area contributed by atoms with Crippen LogP contribution in [0.1, 0.15) is 0 Å². The smallest absolute Gasteiger partial charge is 0.0934 e. The van der Waals surface area contributed by atoms with Gasteiger partial charge in [-0.3, -0.25) is 0 Å². The van der Waals surface area contributed by atoms with Crippen molar-refractivity contribution in [3.63, 3.8) is 0 Å². The molecule has 0 aliphatic carbocycles. The molecule has 2 rings (SSSR count). The largest absolute Gasteiger partial charge is 0.398 e. The van der Waals surface area contributed by atoms with Crippen LogP contribution in [0.5, 0.6) is 0 Å². The van der Waals surface area contributed by atoms with Crippen LogP contribution in [0, 0.1) is 0 Å². The van der Waals surface area contributed by atoms with Gasteiger partial charge in [-0.2, -0.15) is 0 Å². The molecule has 0 amide bonds. The van der Waals surface area contributed by atoms with Crippen LogP contribution in [0.2, 0.25) is 9.36 Å². The lowest BCUT2D eigenvalue weighted by Crippen LogP contribution is -1.85. The molecule has 1 heterocycles. The fourth-order valence-corrected chi connectivity index (χ4v) is 2.32. The minimum Gasteiger partial charge on any atom is -0.398 e. The molecule has 0 aliphatic rings. The Kier molecular flexibility index (Phi) is 2.68. The third kappa shape index (κ3) is 1.87. The van der Waals surface area contributed by atoms with Gasteiger partial charge in [-0.1, -0.05) is 29.3 Å². The fraction of sp³-hybridized carbons (Fsp3) is 0. The highest BCUT2D eigenvalue weighted by molar-refractivity contribution is 7.19. The second kappa shape index (κ2) is 3.81. The second-order valence-electron chi connectivity index (χ2n) is 2.84. The number of anilines is 1. The first-order valence-electron chi connectivity index (χ1n) is 3.97. The quantitative estimate of drug-likeness (QED) is 0.743. The first-order chi connectivity index (χ1) is 6.66. The van der Waals surface area contributed by atoms with Crippen molar-refractivity contribution >= 4 is 40.2 Å². The molecule has 1 aromatic carbocycles. The van der Waals surface area contributed by atoms with Crippen molar-refractivity contribution in [3.8, 4) is 10.4 Å². The lowest BCUT2D eigenvalue weighted by molar-refractivity contribution is 1.67. The summed E-state index contributed by atoms with van der Waals surface area (Å²) in [7, 11) is 0. The number of rotatable bonds is 1. The first-order valence-corrected chi connectivity index (χ1v) is 5.55. The Hall–Kier alpha value is -0.700. The van der Waals surface area contributed by atoms with E-state index in [1.54, 1.807) is 6.07 Å². The molecule has 0 fully saturated rings. The normalized spacial score (nSPS) is 10.4. The number of thiophene rings is 1. The van der Waals surface area contributed by atoms with Crippen molar-refractivity contribution in [1.29, 1.82) is 0 Å². The predicted octanol–water partition coefficient (Wildman–Crippen LogP) is 4.30. The summed E-state index contributed by atoms with van der Waals surface area (Å²) in [5.41, 5.74) is 7.34. The maximum absolute atomic E-state index is 5.84. The maximum Gasteiger partial charge on any atom is 0.0934 e. The molecule has 0 bridgehead atoms. The Balaban J connectivity index is 2.47. The zero-order chi connectivity index (χ0) is 10.1. The summed E-state index contributed by atoms with van der Waals surface area (Å²) < 4.78 is 0.772. The van der Waals surface area contributed by atoms with Gasteiger partial charge in [-0.05, 0) is 29.8 Å². The highest BCUT2D eigenvalue weighted by Gasteiger charge is 2.03. The summed E-state index contributed by atoms with van der Waals surface area (Å²) in [6.07, 6.45) is 0. The summed E-state index contributed by atoms with van der Waals surface area (Å²) in [5.74, 6) is 0. The van der Waals surface area contributed by atoms with E-state index in [-0.39, 0.29) is 0 Å². The molecular formula is C10H7Cl2NS. The predicted molar refractivity (Wildman–Crippen MR) is 64.2 cm³/mol. The lowest BCUT2D eigenvalue weighted by atomic mass is 10.2. The van der Waals surface area contributed by atoms with Crippen LogP contribution in [0.4, 0.5) is 5.69 Å². The van der Waals surface area contributed by atoms with Gasteiger partial charge in [0.25, 0.3) is 0 Å². The molecule has 0 unspecified atom stereocenters. The molecule has 1 nitrogen and oxygen atoms in total. The van der Waals surface area contributed by atoms with Crippen molar-refractivity contribution in [1.82, 2.24) is 0 Å². The molecule has 0 atom stereocenters. The minimum absolute atomic E-state index is 0.580. The summed E-state index contributed by atoms with van der Waals surface area (Å²) in [6.45, 7) is 0. The average Bonchev–Trinajstić information content (AvgIpc) is 2.57. The zero-order valence-electron chi connectivity index (χ0n) is 7.13. The van der Waals surface area contributed by atoms with Gasteiger partial charge in [0.15, 0.2) is 0 Å². The van der Waals surface area contributed by atoms with E-state index in [1.807, 2.05) is 24.3 Å². The van der Waals surface area contributed by atoms with Gasteiger partial charge >= 0.3 is 0 Å². The molecular weight excluding hydrogens is 237 g/mol. The van der Waals surface area contributed by atoms with Gasteiger partial charge in [0.2, 0.25) is 0 Å². The van der Waals surface area contributed by atoms with E-state index in [4.69, 9.17) is 28.9 Å². The van der Waals surface area contributed by atoms with Gasteiger partial charge in [-0.15, -0.1) is 11.3 Å². The molecule has 0 aliphatic heterocycles. The number of hydrogen-bond acceptors (Lipinski definition) is 2. The highest BCUT2D eigenvalue weighted by atomic mass is 35.5. The van der Waals surface area contributed by atoms with Crippen LogP contribution in [-0.4, -0.2) is 0 Å². The number of hydrogen-bond donors (Lipinski definition) is 1. The third-order valence-electron chi connectivity index (χ3n) is 1.85. The van der Waals surface area contributed by atoms with E-state index in [2.05, 4.69) is 0 Å². The van der Waals surface area contributed by atoms with Crippen LogP contribution in [-0.2, 0) is 0 Å². The average molecular weight is 244 g/mol. The molecule has 0 saturated carbocycles. The van der Waals surface area contributed by atoms with E-state index in [0.29, 0.717) is 10.7 Å². The van der Waals surface area contributed by atoms with E-state index >= 15 is 0 Å². The number of nitrogen functional groups attached to an aromatic ring is 1. The van der Waals surface area contributed by atoms with Crippen molar-refractivity contribution in [2.24, 2.45) is 0 Å². The van der Waals surface area contributed by atoms with Gasteiger partial charge in [0.05, 0.1) is 15.0 Å². The lowest BCUT2D eigenvalue weighted by Gasteiger charge is -2.00. The summed E-state index contributed by atoms with van der Waals surface area (Å²) in [5, 5.41) is 0.580. The first kappa shape index (κ1) is 9.84. The molecule has 4 heteroatoms. The number of benzene rings is 1. The van der Waals surface area contributed by atoms with E-state index in [1.165, 1.54) is 11.3 Å². The van der Waals surface area contributed by atoms with Gasteiger partial charge < -0.3 is 5.73 Å². The van der Waals surface area contributed by atoms with Crippen molar-refractivity contribution in [2.75, 3.05) is 5.73 Å². The summed E-state index contributed by atoms with van der Waals surface area (Å²) in [4.78, 5) is 1.10. The van der Waals surface area contributed by atoms with Crippen LogP contribution >= 0.6 is 34.5 Å². The second-order valence-corrected chi connectivity index (χ2v) is 4.96. The molecule has 72 valence electrons. The third-order valence-corrected chi connectivity index (χ3v) is 3.48. The molecule has 2 aromatic rings. The Labute approximate surface area is 96.1 Å². The Morgan fingerprint density at radius 3 is 2.43 bits per heavy atom. The SMILES string of the molecule is Nc1cc(-c2ccc(Cl)s2)ccc1Cl. The summed E-state index contributed by atoms with van der Waals surface area (Å²) in [6, 6.07) is 9.41. The van der Waals surface area contributed by atoms with E-state index < -0.39 is 0 Å². The standard InChI is InChI=1S/C10H7Cl2NS/c11-7-2-1-6(5-8(7)13)9-3-4-10(12)14-9/h1-5H,13H2. The van der Waals surface area contributed by atoms with Gasteiger partial charge in [0, 0.05) is 4.88 Å². The van der Waals surface area contributed by atoms with Crippen molar-refractivity contribution in [2.45, 2.75) is 0 Å². The molecule has 0 spiro atoms. The molecule has 14 heavy (non-hydrogen) atoms. The van der Waals surface area contributed by atoms with Crippen LogP contribution in [0.15, 0.2) is 30.3 Å². The molecule has 1 aromatic heterocycles. The van der Waals surface area contributed by atoms with Gasteiger partial charge in [0.1, 0.15) is 0 Å². The fourth-order valence-electron chi connectivity index (χ4n) is 1.17. The Bertz CT molecular complexity index is 465. The number of halogens is 2. The van der Waals surface area contributed by atoms with Crippen LogP contribution in [0.3, 0.4) is 0 Å². The minimum atomic E-state index is 0.580. The number of nitrogens with two attached hydrogens (primary N) is 1. The van der Waals surface area contributed by atoms with Gasteiger partial charge in [-0.25, -0.2) is 0 Å². The van der Waals surface area contributed by atoms with Crippen molar-refractivity contribution < 1.29 is 0 Å². The molecule has 0 saturated heterocycles. The maximum atomic E-state index is 5.84. The monoisotopic (exact) mass is 243 g/mol. The van der Waals surface area contributed by atoms with Crippen molar-refractivity contribution in [3.05, 3.63) is 39.7 Å². The molecule has 2 N–H and O–H groups in total. The Morgan fingerprint density at radius 2 is 1.86 bits per heavy atom.